The van der Waals surface area contributed by atoms with Gasteiger partial charge >= 0.3 is 0 Å². The van der Waals surface area contributed by atoms with Crippen molar-refractivity contribution in [3.05, 3.63) is 53.6 Å². The van der Waals surface area contributed by atoms with E-state index in [1.807, 2.05) is 49.4 Å². The average molecular weight is 312 g/mol. The maximum atomic E-state index is 5.60. The van der Waals surface area contributed by atoms with Crippen LogP contribution in [0.3, 0.4) is 0 Å². The van der Waals surface area contributed by atoms with Gasteiger partial charge in [-0.25, -0.2) is 0 Å². The van der Waals surface area contributed by atoms with E-state index in [-0.39, 0.29) is 0 Å². The molecule has 0 radical (unpaired) electrons. The lowest BCUT2D eigenvalue weighted by atomic mass is 10.1. The van der Waals surface area contributed by atoms with Gasteiger partial charge in [-0.15, -0.1) is 0 Å². The number of nitrogens with zero attached hydrogens (tertiary/aromatic N) is 1. The molecule has 23 heavy (non-hydrogen) atoms. The van der Waals surface area contributed by atoms with E-state index in [0.717, 1.165) is 34.1 Å². The van der Waals surface area contributed by atoms with Crippen LogP contribution in [0.1, 0.15) is 18.1 Å². The minimum Gasteiger partial charge on any atom is -0.496 e. The predicted octanol–water partition coefficient (Wildman–Crippen LogP) is 2.98. The van der Waals surface area contributed by atoms with Crippen molar-refractivity contribution < 1.29 is 14.2 Å². The summed E-state index contributed by atoms with van der Waals surface area (Å²) in [7, 11) is 1.67. The molecule has 1 aliphatic heterocycles. The zero-order valence-electron chi connectivity index (χ0n) is 13.3. The monoisotopic (exact) mass is 312 g/mol. The summed E-state index contributed by atoms with van der Waals surface area (Å²) in [6.07, 6.45) is 0. The summed E-state index contributed by atoms with van der Waals surface area (Å²) < 4.78 is 16.5. The first-order valence-electron chi connectivity index (χ1n) is 7.57. The van der Waals surface area contributed by atoms with E-state index in [0.29, 0.717) is 19.8 Å². The number of methoxy groups -OCH3 is 1. The Morgan fingerprint density at radius 3 is 2.74 bits per heavy atom. The van der Waals surface area contributed by atoms with Crippen LogP contribution in [0.2, 0.25) is 0 Å². The van der Waals surface area contributed by atoms with Crippen LogP contribution in [0.5, 0.6) is 17.2 Å². The summed E-state index contributed by atoms with van der Waals surface area (Å²) in [4.78, 5) is 0. The molecule has 0 spiro atoms. The standard InChI is InChI=1S/C18H20N2O3/c1-13(14-7-8-17-18(11-14)23-10-9-22-17)20-19-12-15-5-3-4-6-16(15)21-2/h3-8,11,19H,9-10,12H2,1-2H3/b20-13+. The van der Waals surface area contributed by atoms with Gasteiger partial charge in [-0.3, -0.25) is 0 Å². The first kappa shape index (κ1) is 15.2. The summed E-state index contributed by atoms with van der Waals surface area (Å²) in [5.41, 5.74) is 6.04. The lowest BCUT2D eigenvalue weighted by Crippen LogP contribution is -2.16. The number of benzene rings is 2. The molecule has 0 aromatic heterocycles. The molecule has 1 heterocycles. The largest absolute Gasteiger partial charge is 0.496 e. The van der Waals surface area contributed by atoms with Gasteiger partial charge in [-0.05, 0) is 31.2 Å². The normalized spacial score (nSPS) is 13.6. The van der Waals surface area contributed by atoms with Crippen LogP contribution < -0.4 is 19.6 Å². The van der Waals surface area contributed by atoms with Gasteiger partial charge in [-0.1, -0.05) is 18.2 Å². The van der Waals surface area contributed by atoms with Crippen molar-refractivity contribution >= 4 is 5.71 Å². The maximum absolute atomic E-state index is 5.60. The van der Waals surface area contributed by atoms with Crippen molar-refractivity contribution in [2.75, 3.05) is 20.3 Å². The van der Waals surface area contributed by atoms with E-state index >= 15 is 0 Å². The molecule has 3 rings (SSSR count). The number of para-hydroxylation sites is 1. The van der Waals surface area contributed by atoms with Gasteiger partial charge in [0.15, 0.2) is 11.5 Å². The molecule has 0 aliphatic carbocycles. The number of ether oxygens (including phenoxy) is 3. The van der Waals surface area contributed by atoms with Crippen LogP contribution >= 0.6 is 0 Å². The van der Waals surface area contributed by atoms with Crippen LogP contribution in [-0.2, 0) is 6.54 Å². The van der Waals surface area contributed by atoms with Crippen molar-refractivity contribution in [1.29, 1.82) is 0 Å². The Labute approximate surface area is 135 Å². The van der Waals surface area contributed by atoms with Crippen molar-refractivity contribution in [1.82, 2.24) is 5.43 Å². The summed E-state index contributed by atoms with van der Waals surface area (Å²) in [6, 6.07) is 13.7. The molecule has 1 N–H and O–H groups in total. The van der Waals surface area contributed by atoms with Crippen molar-refractivity contribution in [3.8, 4) is 17.2 Å². The summed E-state index contributed by atoms with van der Waals surface area (Å²) in [5.74, 6) is 2.41. The minimum absolute atomic E-state index is 0.582. The maximum Gasteiger partial charge on any atom is 0.162 e. The fraction of sp³-hybridized carbons (Fsp3) is 0.278. The molecule has 2 aromatic rings. The van der Waals surface area contributed by atoms with Gasteiger partial charge in [0, 0.05) is 11.1 Å². The van der Waals surface area contributed by atoms with Crippen LogP contribution in [-0.4, -0.2) is 26.0 Å². The predicted molar refractivity (Wildman–Crippen MR) is 89.5 cm³/mol. The summed E-state index contributed by atoms with van der Waals surface area (Å²) in [6.45, 7) is 3.74. The lowest BCUT2D eigenvalue weighted by Gasteiger charge is -2.18. The van der Waals surface area contributed by atoms with Crippen molar-refractivity contribution in [2.45, 2.75) is 13.5 Å². The van der Waals surface area contributed by atoms with E-state index in [2.05, 4.69) is 10.5 Å². The second kappa shape index (κ2) is 7.05. The Bertz CT molecular complexity index is 713. The third-order valence-electron chi connectivity index (χ3n) is 3.67. The Morgan fingerprint density at radius 1 is 1.13 bits per heavy atom. The van der Waals surface area contributed by atoms with Gasteiger partial charge in [0.1, 0.15) is 19.0 Å². The zero-order valence-corrected chi connectivity index (χ0v) is 13.3. The van der Waals surface area contributed by atoms with Crippen molar-refractivity contribution in [2.24, 2.45) is 5.10 Å². The number of rotatable bonds is 5. The smallest absolute Gasteiger partial charge is 0.162 e. The highest BCUT2D eigenvalue weighted by Gasteiger charge is 2.12. The number of hydrogen-bond acceptors (Lipinski definition) is 5. The first-order valence-corrected chi connectivity index (χ1v) is 7.57. The molecule has 0 atom stereocenters. The Hall–Kier alpha value is -2.69. The number of hydrogen-bond donors (Lipinski definition) is 1. The highest BCUT2D eigenvalue weighted by molar-refractivity contribution is 5.99. The fourth-order valence-electron chi connectivity index (χ4n) is 2.43. The highest BCUT2D eigenvalue weighted by atomic mass is 16.6. The fourth-order valence-corrected chi connectivity index (χ4v) is 2.43. The SMILES string of the molecule is COc1ccccc1CN/N=C(\C)c1ccc2c(c1)OCCO2. The second-order valence-corrected chi connectivity index (χ2v) is 5.20. The van der Waals surface area contributed by atoms with Gasteiger partial charge < -0.3 is 19.6 Å². The molecule has 5 nitrogen and oxygen atoms in total. The van der Waals surface area contributed by atoms with E-state index in [1.165, 1.54) is 0 Å². The number of nitrogens with one attached hydrogen (secondary N) is 1. The molecule has 0 fully saturated rings. The third-order valence-corrected chi connectivity index (χ3v) is 3.67. The third kappa shape index (κ3) is 3.56. The molecular weight excluding hydrogens is 292 g/mol. The van der Waals surface area contributed by atoms with Crippen LogP contribution in [0, 0.1) is 0 Å². The summed E-state index contributed by atoms with van der Waals surface area (Å²) >= 11 is 0. The van der Waals surface area contributed by atoms with Crippen molar-refractivity contribution in [3.63, 3.8) is 0 Å². The van der Waals surface area contributed by atoms with E-state index in [1.54, 1.807) is 7.11 Å². The molecule has 1 aliphatic rings. The van der Waals surface area contributed by atoms with E-state index < -0.39 is 0 Å². The lowest BCUT2D eigenvalue weighted by molar-refractivity contribution is 0.171. The van der Waals surface area contributed by atoms with Gasteiger partial charge in [0.2, 0.25) is 0 Å². The van der Waals surface area contributed by atoms with E-state index in [9.17, 15) is 0 Å². The number of fused-ring (bicyclic) bond motifs is 1. The molecule has 2 aromatic carbocycles. The highest BCUT2D eigenvalue weighted by Crippen LogP contribution is 2.30. The minimum atomic E-state index is 0.582. The van der Waals surface area contributed by atoms with Gasteiger partial charge in [0.05, 0.1) is 19.4 Å². The Kier molecular flexibility index (Phi) is 4.66. The molecule has 0 saturated heterocycles. The molecule has 0 saturated carbocycles. The Morgan fingerprint density at radius 2 is 1.91 bits per heavy atom. The zero-order chi connectivity index (χ0) is 16.1. The van der Waals surface area contributed by atoms with Gasteiger partial charge in [0.25, 0.3) is 0 Å². The molecule has 5 heteroatoms. The molecule has 0 unspecified atom stereocenters. The first-order chi connectivity index (χ1) is 11.3. The second-order valence-electron chi connectivity index (χ2n) is 5.20. The molecule has 120 valence electrons. The topological polar surface area (TPSA) is 52.1 Å². The molecular formula is C18H20N2O3. The molecule has 0 bridgehead atoms. The summed E-state index contributed by atoms with van der Waals surface area (Å²) in [5, 5.41) is 4.43. The average Bonchev–Trinajstić information content (AvgIpc) is 2.61. The van der Waals surface area contributed by atoms with Crippen LogP contribution in [0.15, 0.2) is 47.6 Å². The van der Waals surface area contributed by atoms with Crippen LogP contribution in [0.4, 0.5) is 0 Å². The molecule has 0 amide bonds. The van der Waals surface area contributed by atoms with E-state index in [4.69, 9.17) is 14.2 Å². The van der Waals surface area contributed by atoms with Gasteiger partial charge in [-0.2, -0.15) is 5.10 Å². The van der Waals surface area contributed by atoms with Crippen LogP contribution in [0.25, 0.3) is 0 Å². The number of hydrazone groups is 1. The Balaban J connectivity index is 1.68. The quantitative estimate of drug-likeness (QED) is 0.681.